The maximum absolute atomic E-state index is 13.1. The zero-order valence-electron chi connectivity index (χ0n) is 14.5. The Hall–Kier alpha value is -0.570. The molecular weight excluding hydrogens is 260 g/mol. The van der Waals surface area contributed by atoms with E-state index in [1.54, 1.807) is 0 Å². The molecule has 0 spiro atoms. The molecule has 1 aliphatic carbocycles. The number of hydrogen-bond donors (Lipinski definition) is 1. The van der Waals surface area contributed by atoms with Crippen molar-refractivity contribution in [3.05, 3.63) is 0 Å². The van der Waals surface area contributed by atoms with Crippen LogP contribution in [0.5, 0.6) is 0 Å². The summed E-state index contributed by atoms with van der Waals surface area (Å²) in [5.74, 6) is 1.28. The maximum Gasteiger partial charge on any atom is 0.226 e. The second-order valence-electron chi connectivity index (χ2n) is 8.08. The predicted octanol–water partition coefficient (Wildman–Crippen LogP) is 3.44. The van der Waals surface area contributed by atoms with E-state index in [1.165, 1.54) is 32.1 Å². The lowest BCUT2D eigenvalue weighted by molar-refractivity contribution is -0.143. The maximum atomic E-state index is 13.1. The van der Waals surface area contributed by atoms with Crippen molar-refractivity contribution in [1.29, 1.82) is 0 Å². The molecule has 2 rings (SSSR count). The van der Waals surface area contributed by atoms with E-state index in [1.807, 2.05) is 0 Å². The van der Waals surface area contributed by atoms with Crippen LogP contribution in [-0.4, -0.2) is 36.5 Å². The Morgan fingerprint density at radius 2 is 2.00 bits per heavy atom. The third-order valence-corrected chi connectivity index (χ3v) is 5.57. The van der Waals surface area contributed by atoms with E-state index in [2.05, 4.69) is 37.9 Å². The van der Waals surface area contributed by atoms with Crippen molar-refractivity contribution in [3.63, 3.8) is 0 Å². The Labute approximate surface area is 130 Å². The van der Waals surface area contributed by atoms with Gasteiger partial charge >= 0.3 is 0 Å². The number of rotatable bonds is 4. The van der Waals surface area contributed by atoms with Crippen LogP contribution in [0, 0.1) is 17.3 Å². The van der Waals surface area contributed by atoms with Crippen LogP contribution < -0.4 is 5.32 Å². The molecule has 3 nitrogen and oxygen atoms in total. The minimum atomic E-state index is 0.174. The number of carbonyl (C=O) groups is 1. The Kier molecular flexibility index (Phi) is 5.70. The summed E-state index contributed by atoms with van der Waals surface area (Å²) in [4.78, 5) is 15.3. The number of piperidine rings is 1. The second kappa shape index (κ2) is 7.13. The largest absolute Gasteiger partial charge is 0.340 e. The molecule has 2 unspecified atom stereocenters. The molecular formula is C18H34N2O. The highest BCUT2D eigenvalue weighted by atomic mass is 16.2. The number of carbonyl (C=O) groups excluding carboxylic acids is 1. The van der Waals surface area contributed by atoms with Gasteiger partial charge in [-0.05, 0) is 64.0 Å². The molecule has 3 heteroatoms. The number of amides is 1. The highest BCUT2D eigenvalue weighted by molar-refractivity contribution is 5.80. The summed E-state index contributed by atoms with van der Waals surface area (Å²) in [6.45, 7) is 12.1. The molecule has 1 N–H and O–H groups in total. The van der Waals surface area contributed by atoms with E-state index < -0.39 is 0 Å². The first kappa shape index (κ1) is 16.8. The first-order valence-electron chi connectivity index (χ1n) is 8.93. The molecule has 0 aromatic carbocycles. The van der Waals surface area contributed by atoms with Gasteiger partial charge in [0.2, 0.25) is 5.91 Å². The van der Waals surface area contributed by atoms with Crippen LogP contribution in [0.4, 0.5) is 0 Å². The Bertz CT molecular complexity index is 345. The zero-order valence-corrected chi connectivity index (χ0v) is 14.5. The summed E-state index contributed by atoms with van der Waals surface area (Å²) >= 11 is 0. The zero-order chi connectivity index (χ0) is 15.5. The van der Waals surface area contributed by atoms with Gasteiger partial charge in [0.25, 0.3) is 0 Å². The highest BCUT2D eigenvalue weighted by Gasteiger charge is 2.40. The van der Waals surface area contributed by atoms with Gasteiger partial charge in [-0.15, -0.1) is 0 Å². The second-order valence-corrected chi connectivity index (χ2v) is 8.08. The molecule has 2 atom stereocenters. The molecule has 2 aliphatic rings. The van der Waals surface area contributed by atoms with Gasteiger partial charge in [0.1, 0.15) is 0 Å². The van der Waals surface area contributed by atoms with Gasteiger partial charge in [0.15, 0.2) is 0 Å². The fourth-order valence-corrected chi connectivity index (χ4v) is 4.07. The lowest BCUT2D eigenvalue weighted by Gasteiger charge is -2.42. The van der Waals surface area contributed by atoms with Crippen LogP contribution in [0.2, 0.25) is 0 Å². The molecule has 0 aromatic rings. The minimum absolute atomic E-state index is 0.174. The lowest BCUT2D eigenvalue weighted by Crippen LogP contribution is -2.49. The van der Waals surface area contributed by atoms with Gasteiger partial charge in [0.05, 0.1) is 0 Å². The molecule has 0 aromatic heterocycles. The van der Waals surface area contributed by atoms with Crippen LogP contribution in [0.25, 0.3) is 0 Å². The predicted molar refractivity (Wildman–Crippen MR) is 88.2 cm³/mol. The third kappa shape index (κ3) is 4.21. The number of nitrogens with one attached hydrogen (secondary N) is 1. The Balaban J connectivity index is 2.04. The summed E-state index contributed by atoms with van der Waals surface area (Å²) in [5, 5.41) is 3.48. The molecule has 1 saturated carbocycles. The van der Waals surface area contributed by atoms with E-state index in [0.29, 0.717) is 17.9 Å². The van der Waals surface area contributed by atoms with Gasteiger partial charge in [-0.3, -0.25) is 4.79 Å². The molecule has 122 valence electrons. The van der Waals surface area contributed by atoms with E-state index in [9.17, 15) is 4.79 Å². The van der Waals surface area contributed by atoms with Crippen molar-refractivity contribution in [3.8, 4) is 0 Å². The third-order valence-electron chi connectivity index (χ3n) is 5.57. The smallest absolute Gasteiger partial charge is 0.226 e. The molecule has 1 amide bonds. The van der Waals surface area contributed by atoms with Crippen molar-refractivity contribution >= 4 is 5.91 Å². The van der Waals surface area contributed by atoms with E-state index >= 15 is 0 Å². The molecule has 1 saturated heterocycles. The fourth-order valence-electron chi connectivity index (χ4n) is 4.07. The minimum Gasteiger partial charge on any atom is -0.340 e. The van der Waals surface area contributed by atoms with Crippen molar-refractivity contribution in [2.24, 2.45) is 17.3 Å². The van der Waals surface area contributed by atoms with Crippen LogP contribution in [0.1, 0.15) is 66.2 Å². The molecule has 1 aliphatic heterocycles. The van der Waals surface area contributed by atoms with Crippen molar-refractivity contribution in [2.45, 2.75) is 72.3 Å². The van der Waals surface area contributed by atoms with E-state index in [0.717, 1.165) is 26.1 Å². The normalized spacial score (nSPS) is 29.4. The van der Waals surface area contributed by atoms with Crippen molar-refractivity contribution in [1.82, 2.24) is 10.2 Å². The Morgan fingerprint density at radius 3 is 2.57 bits per heavy atom. The first-order valence-corrected chi connectivity index (χ1v) is 8.93. The lowest BCUT2D eigenvalue weighted by atomic mass is 9.68. The summed E-state index contributed by atoms with van der Waals surface area (Å²) in [6.07, 6.45) is 7.29. The molecule has 0 bridgehead atoms. The van der Waals surface area contributed by atoms with Gasteiger partial charge in [-0.25, -0.2) is 0 Å². The van der Waals surface area contributed by atoms with Gasteiger partial charge in [-0.2, -0.15) is 0 Å². The SMILES string of the molecule is CC(C)N(CC1CCCNC1)C(=O)C1CCCCC1(C)C. The van der Waals surface area contributed by atoms with Crippen LogP contribution >= 0.6 is 0 Å². The molecule has 2 fully saturated rings. The van der Waals surface area contributed by atoms with Gasteiger partial charge < -0.3 is 10.2 Å². The topological polar surface area (TPSA) is 32.3 Å². The van der Waals surface area contributed by atoms with Crippen LogP contribution in [-0.2, 0) is 4.79 Å². The summed E-state index contributed by atoms with van der Waals surface area (Å²) in [6, 6.07) is 0.317. The Morgan fingerprint density at radius 1 is 1.24 bits per heavy atom. The van der Waals surface area contributed by atoms with E-state index in [-0.39, 0.29) is 11.3 Å². The van der Waals surface area contributed by atoms with Gasteiger partial charge in [-0.1, -0.05) is 26.7 Å². The fraction of sp³-hybridized carbons (Fsp3) is 0.944. The van der Waals surface area contributed by atoms with Crippen molar-refractivity contribution in [2.75, 3.05) is 19.6 Å². The van der Waals surface area contributed by atoms with Gasteiger partial charge in [0, 0.05) is 18.5 Å². The average molecular weight is 294 g/mol. The van der Waals surface area contributed by atoms with E-state index in [4.69, 9.17) is 0 Å². The standard InChI is InChI=1S/C18H34N2O/c1-14(2)20(13-15-8-7-11-19-12-15)17(21)16-9-5-6-10-18(16,3)4/h14-16,19H,5-13H2,1-4H3. The highest BCUT2D eigenvalue weighted by Crippen LogP contribution is 2.41. The number of hydrogen-bond acceptors (Lipinski definition) is 2. The summed E-state index contributed by atoms with van der Waals surface area (Å²) in [5.41, 5.74) is 0.174. The van der Waals surface area contributed by atoms with Crippen LogP contribution in [0.3, 0.4) is 0 Å². The average Bonchev–Trinajstić information content (AvgIpc) is 2.44. The van der Waals surface area contributed by atoms with Crippen molar-refractivity contribution < 1.29 is 4.79 Å². The first-order chi connectivity index (χ1) is 9.92. The summed E-state index contributed by atoms with van der Waals surface area (Å²) < 4.78 is 0. The summed E-state index contributed by atoms with van der Waals surface area (Å²) in [7, 11) is 0. The number of nitrogens with zero attached hydrogens (tertiary/aromatic N) is 1. The molecule has 21 heavy (non-hydrogen) atoms. The monoisotopic (exact) mass is 294 g/mol. The molecule has 1 heterocycles. The molecule has 0 radical (unpaired) electrons. The van der Waals surface area contributed by atoms with Crippen LogP contribution in [0.15, 0.2) is 0 Å². The quantitative estimate of drug-likeness (QED) is 0.861.